The molecule has 0 bridgehead atoms. The first-order chi connectivity index (χ1) is 9.28. The van der Waals surface area contributed by atoms with E-state index in [-0.39, 0.29) is 6.04 Å². The van der Waals surface area contributed by atoms with Crippen molar-refractivity contribution in [3.8, 4) is 0 Å². The molecule has 1 atom stereocenters. The van der Waals surface area contributed by atoms with Gasteiger partial charge in [-0.2, -0.15) is 0 Å². The number of fused-ring (bicyclic) bond motifs is 1. The third-order valence-corrected chi connectivity index (χ3v) is 3.56. The molecular formula is C16H24N2O. The molecule has 1 aromatic heterocycles. The summed E-state index contributed by atoms with van der Waals surface area (Å²) in [5, 5.41) is 4.54. The highest BCUT2D eigenvalue weighted by molar-refractivity contribution is 5.77. The van der Waals surface area contributed by atoms with Crippen LogP contribution in [0.2, 0.25) is 0 Å². The summed E-state index contributed by atoms with van der Waals surface area (Å²) in [7, 11) is 2.00. The smallest absolute Gasteiger partial charge is 0.134 e. The molecule has 0 aliphatic heterocycles. The molecule has 3 nitrogen and oxygen atoms in total. The fourth-order valence-corrected chi connectivity index (χ4v) is 2.45. The molecule has 1 aromatic carbocycles. The van der Waals surface area contributed by atoms with Crippen LogP contribution in [0.25, 0.3) is 11.0 Å². The lowest BCUT2D eigenvalue weighted by Gasteiger charge is -2.24. The highest BCUT2D eigenvalue weighted by atomic mass is 16.3. The maximum absolute atomic E-state index is 5.96. The molecule has 0 aliphatic rings. The summed E-state index contributed by atoms with van der Waals surface area (Å²) in [4.78, 5) is 2.45. The SMILES string of the molecule is CCCN(CC)CC(NC)c1cc2ccccc2o1. The summed E-state index contributed by atoms with van der Waals surface area (Å²) < 4.78 is 5.96. The Labute approximate surface area is 115 Å². The van der Waals surface area contributed by atoms with E-state index in [2.05, 4.69) is 36.2 Å². The minimum absolute atomic E-state index is 0.249. The lowest BCUT2D eigenvalue weighted by Crippen LogP contribution is -2.34. The highest BCUT2D eigenvalue weighted by Gasteiger charge is 2.17. The summed E-state index contributed by atoms with van der Waals surface area (Å²) in [6.07, 6.45) is 1.18. The van der Waals surface area contributed by atoms with Crippen LogP contribution in [-0.2, 0) is 0 Å². The number of furan rings is 1. The molecule has 0 radical (unpaired) electrons. The van der Waals surface area contributed by atoms with Crippen LogP contribution in [-0.4, -0.2) is 31.6 Å². The maximum atomic E-state index is 5.96. The fraction of sp³-hybridized carbons (Fsp3) is 0.500. The molecule has 1 N–H and O–H groups in total. The van der Waals surface area contributed by atoms with E-state index in [1.165, 1.54) is 11.8 Å². The number of nitrogens with one attached hydrogen (secondary N) is 1. The second-order valence-electron chi connectivity index (χ2n) is 4.92. The fourth-order valence-electron chi connectivity index (χ4n) is 2.45. The second-order valence-corrected chi connectivity index (χ2v) is 4.92. The van der Waals surface area contributed by atoms with Crippen molar-refractivity contribution in [3.63, 3.8) is 0 Å². The van der Waals surface area contributed by atoms with E-state index in [1.807, 2.05) is 25.2 Å². The van der Waals surface area contributed by atoms with Gasteiger partial charge in [0.25, 0.3) is 0 Å². The molecule has 0 spiro atoms. The van der Waals surface area contributed by atoms with Gasteiger partial charge >= 0.3 is 0 Å². The lowest BCUT2D eigenvalue weighted by atomic mass is 10.2. The molecule has 1 heterocycles. The molecule has 0 saturated heterocycles. The first-order valence-corrected chi connectivity index (χ1v) is 7.16. The highest BCUT2D eigenvalue weighted by Crippen LogP contribution is 2.24. The third kappa shape index (κ3) is 3.37. The molecular weight excluding hydrogens is 236 g/mol. The van der Waals surface area contributed by atoms with E-state index in [0.29, 0.717) is 0 Å². The van der Waals surface area contributed by atoms with Gasteiger partial charge in [0.05, 0.1) is 6.04 Å². The van der Waals surface area contributed by atoms with Crippen molar-refractivity contribution in [2.24, 2.45) is 0 Å². The molecule has 19 heavy (non-hydrogen) atoms. The average molecular weight is 260 g/mol. The summed E-state index contributed by atoms with van der Waals surface area (Å²) in [6, 6.07) is 10.6. The van der Waals surface area contributed by atoms with Gasteiger partial charge in [-0.25, -0.2) is 0 Å². The largest absolute Gasteiger partial charge is 0.459 e. The predicted molar refractivity (Wildman–Crippen MR) is 80.4 cm³/mol. The van der Waals surface area contributed by atoms with Crippen LogP contribution in [0.1, 0.15) is 32.1 Å². The molecule has 2 rings (SSSR count). The van der Waals surface area contributed by atoms with E-state index in [4.69, 9.17) is 4.42 Å². The molecule has 0 saturated carbocycles. The van der Waals surface area contributed by atoms with Gasteiger partial charge in [-0.15, -0.1) is 0 Å². The summed E-state index contributed by atoms with van der Waals surface area (Å²) in [6.45, 7) is 7.63. The molecule has 0 fully saturated rings. The van der Waals surface area contributed by atoms with Crippen LogP contribution in [0.3, 0.4) is 0 Å². The summed E-state index contributed by atoms with van der Waals surface area (Å²) >= 11 is 0. The van der Waals surface area contributed by atoms with E-state index >= 15 is 0 Å². The van der Waals surface area contributed by atoms with Gasteiger partial charge in [0.15, 0.2) is 0 Å². The molecule has 3 heteroatoms. The summed E-state index contributed by atoms with van der Waals surface area (Å²) in [5.74, 6) is 1.03. The molecule has 104 valence electrons. The number of para-hydroxylation sites is 1. The molecule has 1 unspecified atom stereocenters. The average Bonchev–Trinajstić information content (AvgIpc) is 2.87. The van der Waals surface area contributed by atoms with Gasteiger partial charge in [-0.1, -0.05) is 32.0 Å². The summed E-state index contributed by atoms with van der Waals surface area (Å²) in [5.41, 5.74) is 0.969. The van der Waals surface area contributed by atoms with E-state index < -0.39 is 0 Å². The van der Waals surface area contributed by atoms with Gasteiger partial charge in [-0.05, 0) is 38.7 Å². The predicted octanol–water partition coefficient (Wildman–Crippen LogP) is 3.43. The van der Waals surface area contributed by atoms with Crippen molar-refractivity contribution in [2.75, 3.05) is 26.7 Å². The Bertz CT molecular complexity index is 473. The number of rotatable bonds is 7. The number of hydrogen-bond acceptors (Lipinski definition) is 3. The molecule has 2 aromatic rings. The Kier molecular flexibility index (Phi) is 5.00. The quantitative estimate of drug-likeness (QED) is 0.827. The minimum atomic E-state index is 0.249. The number of nitrogens with zero attached hydrogens (tertiary/aromatic N) is 1. The van der Waals surface area contributed by atoms with Gasteiger partial charge in [0.2, 0.25) is 0 Å². The van der Waals surface area contributed by atoms with Crippen LogP contribution in [0, 0.1) is 0 Å². The zero-order chi connectivity index (χ0) is 13.7. The second kappa shape index (κ2) is 6.73. The van der Waals surface area contributed by atoms with Crippen molar-refractivity contribution in [1.29, 1.82) is 0 Å². The van der Waals surface area contributed by atoms with Crippen LogP contribution in [0.15, 0.2) is 34.7 Å². The molecule has 0 aliphatic carbocycles. The van der Waals surface area contributed by atoms with E-state index in [0.717, 1.165) is 31.0 Å². The Hall–Kier alpha value is -1.32. The number of benzene rings is 1. The lowest BCUT2D eigenvalue weighted by molar-refractivity contribution is 0.246. The van der Waals surface area contributed by atoms with Crippen molar-refractivity contribution in [3.05, 3.63) is 36.1 Å². The van der Waals surface area contributed by atoms with E-state index in [1.54, 1.807) is 0 Å². The van der Waals surface area contributed by atoms with Crippen LogP contribution < -0.4 is 5.32 Å². The first-order valence-electron chi connectivity index (χ1n) is 7.16. The normalized spacial score (nSPS) is 13.3. The van der Waals surface area contributed by atoms with Crippen molar-refractivity contribution in [2.45, 2.75) is 26.3 Å². The third-order valence-electron chi connectivity index (χ3n) is 3.56. The van der Waals surface area contributed by atoms with Crippen LogP contribution >= 0.6 is 0 Å². The van der Waals surface area contributed by atoms with Crippen molar-refractivity contribution in [1.82, 2.24) is 10.2 Å². The Morgan fingerprint density at radius 2 is 2.05 bits per heavy atom. The zero-order valence-corrected chi connectivity index (χ0v) is 12.1. The number of hydrogen-bond donors (Lipinski definition) is 1. The van der Waals surface area contributed by atoms with Crippen LogP contribution in [0.5, 0.6) is 0 Å². The van der Waals surface area contributed by atoms with Gasteiger partial charge in [-0.3, -0.25) is 0 Å². The van der Waals surface area contributed by atoms with Crippen LogP contribution in [0.4, 0.5) is 0 Å². The van der Waals surface area contributed by atoms with Crippen molar-refractivity contribution >= 4 is 11.0 Å². The minimum Gasteiger partial charge on any atom is -0.459 e. The van der Waals surface area contributed by atoms with Gasteiger partial charge in [0.1, 0.15) is 11.3 Å². The van der Waals surface area contributed by atoms with Crippen molar-refractivity contribution < 1.29 is 4.42 Å². The topological polar surface area (TPSA) is 28.4 Å². The zero-order valence-electron chi connectivity index (χ0n) is 12.1. The Balaban J connectivity index is 2.16. The first kappa shape index (κ1) is 14.1. The number of likely N-dealkylation sites (N-methyl/N-ethyl adjacent to an activating group) is 2. The van der Waals surface area contributed by atoms with Gasteiger partial charge in [0, 0.05) is 11.9 Å². The maximum Gasteiger partial charge on any atom is 0.134 e. The van der Waals surface area contributed by atoms with E-state index in [9.17, 15) is 0 Å². The molecule has 0 amide bonds. The van der Waals surface area contributed by atoms with Gasteiger partial charge < -0.3 is 14.6 Å². The standard InChI is InChI=1S/C16H24N2O/c1-4-10-18(5-2)12-14(17-3)16-11-13-8-6-7-9-15(13)19-16/h6-9,11,14,17H,4-5,10,12H2,1-3H3. The Morgan fingerprint density at radius 1 is 1.26 bits per heavy atom. The Morgan fingerprint density at radius 3 is 2.68 bits per heavy atom. The monoisotopic (exact) mass is 260 g/mol.